The van der Waals surface area contributed by atoms with Crippen molar-refractivity contribution >= 4 is 22.3 Å². The molecule has 7 rings (SSSR count). The topological polar surface area (TPSA) is 63.0 Å². The molecule has 2 aromatic heterocycles. The average Bonchev–Trinajstić information content (AvgIpc) is 3.55. The van der Waals surface area contributed by atoms with E-state index in [2.05, 4.69) is 125 Å². The number of rotatable bonds is 8. The van der Waals surface area contributed by atoms with E-state index in [-0.39, 0.29) is 16.6 Å². The van der Waals surface area contributed by atoms with Crippen molar-refractivity contribution in [2.45, 2.75) is 52.4 Å². The summed E-state index contributed by atoms with van der Waals surface area (Å²) in [5.41, 5.74) is 12.7. The zero-order chi connectivity index (χ0) is 37.3. The molecule has 5 aromatic carbocycles. The molecule has 0 aliphatic rings. The monoisotopic (exact) mass is 694 g/mol. The number of nitrogens with zero attached hydrogens (tertiary/aromatic N) is 3. The minimum atomic E-state index is -0.0704. The van der Waals surface area contributed by atoms with Gasteiger partial charge < -0.3 is 10.4 Å². The van der Waals surface area contributed by atoms with Crippen LogP contribution in [0.3, 0.4) is 0 Å². The fraction of sp³-hybridized carbons (Fsp3) is 0.167. The van der Waals surface area contributed by atoms with Gasteiger partial charge in [-0.05, 0) is 99.3 Å². The Labute approximate surface area is 313 Å². The van der Waals surface area contributed by atoms with Crippen LogP contribution in [0, 0.1) is 0 Å². The lowest BCUT2D eigenvalue weighted by Crippen LogP contribution is -2.17. The van der Waals surface area contributed by atoms with E-state index in [0.717, 1.165) is 55.9 Å². The molecule has 5 heteroatoms. The second kappa shape index (κ2) is 14.1. The number of hydrogen-bond donors (Lipinski definition) is 2. The summed E-state index contributed by atoms with van der Waals surface area (Å²) < 4.78 is 2.21. The summed E-state index contributed by atoms with van der Waals surface area (Å²) in [7, 11) is 0. The number of allylic oxidation sites excluding steroid dienone is 2. The maximum absolute atomic E-state index is 11.2. The molecule has 2 N–H and O–H groups in total. The van der Waals surface area contributed by atoms with Crippen LogP contribution >= 0.6 is 0 Å². The summed E-state index contributed by atoms with van der Waals surface area (Å²) in [5.74, 6) is 0.878. The predicted octanol–water partition coefficient (Wildman–Crippen LogP) is 12.4. The second-order valence-electron chi connectivity index (χ2n) is 15.6. The summed E-state index contributed by atoms with van der Waals surface area (Å²) >= 11 is 0. The summed E-state index contributed by atoms with van der Waals surface area (Å²) in [6, 6.07) is 43.3. The number of hydrogen-bond acceptors (Lipinski definition) is 4. The standard InChI is InChI=1S/C48H46N4O/c1-8-32(31-50-38-18-10-9-11-19-38)33-24-25-49-42(27-33)35-17-14-16-34(26-35)40-21-15-22-43-45(40)51-46(41-20-12-13-23-44(41)53)52(43)39-29-36(47(2,3)4)28-37(30-39)48(5,6)7/h8-31,50,53H,1H2,2-7H3/b32-31-. The lowest BCUT2D eigenvalue weighted by molar-refractivity contribution is 0.477. The minimum Gasteiger partial charge on any atom is -0.507 e. The third kappa shape index (κ3) is 7.29. The van der Waals surface area contributed by atoms with Gasteiger partial charge in [-0.15, -0.1) is 0 Å². The molecule has 0 saturated heterocycles. The van der Waals surface area contributed by atoms with E-state index in [1.807, 2.05) is 73.1 Å². The van der Waals surface area contributed by atoms with E-state index >= 15 is 0 Å². The van der Waals surface area contributed by atoms with Crippen LogP contribution in [0.2, 0.25) is 0 Å². The van der Waals surface area contributed by atoms with Gasteiger partial charge in [-0.1, -0.05) is 121 Å². The first kappa shape index (κ1) is 35.2. The Morgan fingerprint density at radius 3 is 2.06 bits per heavy atom. The van der Waals surface area contributed by atoms with Crippen LogP contribution in [0.25, 0.3) is 56.1 Å². The summed E-state index contributed by atoms with van der Waals surface area (Å²) in [4.78, 5) is 10.1. The molecule has 0 aliphatic heterocycles. The number of para-hydroxylation sites is 3. The zero-order valence-corrected chi connectivity index (χ0v) is 31.4. The van der Waals surface area contributed by atoms with Crippen LogP contribution in [0.15, 0.2) is 152 Å². The number of nitrogens with one attached hydrogen (secondary N) is 1. The van der Waals surface area contributed by atoms with Gasteiger partial charge in [0, 0.05) is 34.9 Å². The van der Waals surface area contributed by atoms with Crippen LogP contribution in [0.5, 0.6) is 5.75 Å². The molecule has 0 amide bonds. The molecule has 0 radical (unpaired) electrons. The van der Waals surface area contributed by atoms with E-state index in [1.54, 1.807) is 6.07 Å². The highest BCUT2D eigenvalue weighted by molar-refractivity contribution is 5.96. The van der Waals surface area contributed by atoms with Gasteiger partial charge in [-0.3, -0.25) is 9.55 Å². The number of phenolic OH excluding ortho intramolecular Hbond substituents is 1. The molecule has 5 nitrogen and oxygen atoms in total. The van der Waals surface area contributed by atoms with Crippen LogP contribution in [-0.4, -0.2) is 19.6 Å². The zero-order valence-electron chi connectivity index (χ0n) is 31.4. The number of phenols is 1. The van der Waals surface area contributed by atoms with E-state index in [0.29, 0.717) is 11.4 Å². The highest BCUT2D eigenvalue weighted by Gasteiger charge is 2.25. The summed E-state index contributed by atoms with van der Waals surface area (Å²) in [5, 5.41) is 14.6. The Bertz CT molecular complexity index is 2440. The smallest absolute Gasteiger partial charge is 0.149 e. The fourth-order valence-electron chi connectivity index (χ4n) is 6.61. The molecule has 0 bridgehead atoms. The van der Waals surface area contributed by atoms with E-state index in [9.17, 15) is 5.11 Å². The van der Waals surface area contributed by atoms with Crippen molar-refractivity contribution < 1.29 is 5.11 Å². The molecule has 0 spiro atoms. The SMILES string of the molecule is C=C/C(=C/Nc1ccccc1)c1ccnc(-c2cccc(-c3cccc4c3nc(-c3ccccc3O)n4-c3cc(C(C)(C)C)cc(C(C)(C)C)c3)c2)c1. The predicted molar refractivity (Wildman–Crippen MR) is 222 cm³/mol. The molecular weight excluding hydrogens is 649 g/mol. The Morgan fingerprint density at radius 2 is 1.36 bits per heavy atom. The average molecular weight is 695 g/mol. The largest absolute Gasteiger partial charge is 0.507 e. The molecule has 264 valence electrons. The van der Waals surface area contributed by atoms with E-state index in [4.69, 9.17) is 9.97 Å². The van der Waals surface area contributed by atoms with Gasteiger partial charge in [-0.2, -0.15) is 0 Å². The number of pyridine rings is 1. The van der Waals surface area contributed by atoms with E-state index in [1.165, 1.54) is 11.1 Å². The molecule has 0 atom stereocenters. The fourth-order valence-corrected chi connectivity index (χ4v) is 6.61. The van der Waals surface area contributed by atoms with Gasteiger partial charge in [0.05, 0.1) is 22.3 Å². The Kier molecular flexibility index (Phi) is 9.35. The van der Waals surface area contributed by atoms with Crippen LogP contribution in [0.1, 0.15) is 58.2 Å². The van der Waals surface area contributed by atoms with Crippen molar-refractivity contribution in [3.63, 3.8) is 0 Å². The van der Waals surface area contributed by atoms with Gasteiger partial charge in [0.1, 0.15) is 11.6 Å². The van der Waals surface area contributed by atoms with E-state index < -0.39 is 0 Å². The maximum atomic E-state index is 11.2. The van der Waals surface area contributed by atoms with Gasteiger partial charge in [0.25, 0.3) is 0 Å². The van der Waals surface area contributed by atoms with Crippen LogP contribution in [0.4, 0.5) is 5.69 Å². The third-order valence-corrected chi connectivity index (χ3v) is 9.69. The molecule has 0 unspecified atom stereocenters. The molecule has 2 heterocycles. The lowest BCUT2D eigenvalue weighted by atomic mass is 9.80. The number of imidazole rings is 1. The maximum Gasteiger partial charge on any atom is 0.149 e. The Morgan fingerprint density at radius 1 is 0.698 bits per heavy atom. The van der Waals surface area contributed by atoms with Gasteiger partial charge in [0.15, 0.2) is 0 Å². The van der Waals surface area contributed by atoms with Gasteiger partial charge in [-0.25, -0.2) is 4.98 Å². The molecule has 0 aliphatic carbocycles. The lowest BCUT2D eigenvalue weighted by Gasteiger charge is -2.27. The van der Waals surface area contributed by atoms with Gasteiger partial charge >= 0.3 is 0 Å². The number of aromatic hydroxyl groups is 1. The van der Waals surface area contributed by atoms with Crippen molar-refractivity contribution in [1.29, 1.82) is 0 Å². The summed E-state index contributed by atoms with van der Waals surface area (Å²) in [6.45, 7) is 17.6. The highest BCUT2D eigenvalue weighted by atomic mass is 16.3. The Hall–Kier alpha value is -6.20. The Balaban J connectivity index is 1.37. The first-order valence-corrected chi connectivity index (χ1v) is 18.1. The normalized spacial score (nSPS) is 12.2. The second-order valence-corrected chi connectivity index (χ2v) is 15.6. The van der Waals surface area contributed by atoms with Crippen molar-refractivity contribution in [2.24, 2.45) is 0 Å². The van der Waals surface area contributed by atoms with Crippen molar-refractivity contribution in [1.82, 2.24) is 14.5 Å². The number of aromatic nitrogens is 3. The molecule has 53 heavy (non-hydrogen) atoms. The molecule has 0 saturated carbocycles. The van der Waals surface area contributed by atoms with Crippen molar-refractivity contribution in [2.75, 3.05) is 5.32 Å². The first-order chi connectivity index (χ1) is 25.4. The first-order valence-electron chi connectivity index (χ1n) is 18.1. The molecule has 0 fully saturated rings. The quantitative estimate of drug-likeness (QED) is 0.155. The number of anilines is 1. The van der Waals surface area contributed by atoms with Crippen LogP contribution in [-0.2, 0) is 10.8 Å². The molecular formula is C48H46N4O. The highest BCUT2D eigenvalue weighted by Crippen LogP contribution is 2.40. The van der Waals surface area contributed by atoms with Crippen LogP contribution < -0.4 is 5.32 Å². The molecule has 7 aromatic rings. The van der Waals surface area contributed by atoms with Gasteiger partial charge in [0.2, 0.25) is 0 Å². The van der Waals surface area contributed by atoms with Crippen molar-refractivity contribution in [3.8, 4) is 45.2 Å². The number of fused-ring (bicyclic) bond motifs is 1. The summed E-state index contributed by atoms with van der Waals surface area (Å²) in [6.07, 6.45) is 5.67. The third-order valence-electron chi connectivity index (χ3n) is 9.69. The number of benzene rings is 5. The van der Waals surface area contributed by atoms with Crippen molar-refractivity contribution in [3.05, 3.63) is 169 Å². The minimum absolute atomic E-state index is 0.0704.